The van der Waals surface area contributed by atoms with Gasteiger partial charge in [-0.2, -0.15) is 0 Å². The Morgan fingerprint density at radius 2 is 1.13 bits per heavy atom. The lowest BCUT2D eigenvalue weighted by atomic mass is 10.0. The number of amides is 5. The highest BCUT2D eigenvalue weighted by molar-refractivity contribution is 6.00. The van der Waals surface area contributed by atoms with Crippen molar-refractivity contribution < 1.29 is 28.4 Å². The van der Waals surface area contributed by atoms with Gasteiger partial charge in [-0.3, -0.25) is 38.9 Å². The fourth-order valence-electron chi connectivity index (χ4n) is 5.21. The van der Waals surface area contributed by atoms with Crippen molar-refractivity contribution in [2.24, 2.45) is 60.8 Å². The van der Waals surface area contributed by atoms with Crippen LogP contribution in [-0.4, -0.2) is 91.2 Å². The number of anilines is 1. The minimum atomic E-state index is -1.33. The zero-order valence-corrected chi connectivity index (χ0v) is 30.7. The highest BCUT2D eigenvalue weighted by Crippen LogP contribution is 2.21. The molecule has 0 fully saturated rings. The first kappa shape index (κ1) is 44.7. The van der Waals surface area contributed by atoms with Crippen LogP contribution in [0.4, 0.5) is 5.69 Å². The maximum absolute atomic E-state index is 13.9. The predicted octanol–water partition coefficient (Wildman–Crippen LogP) is -3.75. The summed E-state index contributed by atoms with van der Waals surface area (Å²) in [6, 6.07) is 1.25. The van der Waals surface area contributed by atoms with Crippen LogP contribution in [0, 0.1) is 6.92 Å². The van der Waals surface area contributed by atoms with E-state index in [2.05, 4.69) is 36.2 Å². The Labute approximate surface area is 316 Å². The van der Waals surface area contributed by atoms with Crippen molar-refractivity contribution >= 4 is 64.1 Å². The molecule has 1 aromatic heterocycles. The first-order valence-corrected chi connectivity index (χ1v) is 17.4. The summed E-state index contributed by atoms with van der Waals surface area (Å²) in [5, 5.41) is 11.2. The standard InChI is InChI=1S/C33H53N15O7/c1-17-15-26(50)55-24-16-18(8-9-19(17)24)45-28(52)21(6-3-13-43-32(38)39)47-29(53)22(7-4-14-44-33(40)41)48-30(54)23(10-11-25(35)49)46-27(51)20(34)5-2-12-42-31(36)37/h8-9,15-16,20-23H,2-7,10-14,34H2,1H3,(H2,35,49)(H,45,52)(H,46,51)(H,47,53)(H,48,54)(H4,36,37,42)(H4,38,39,43)(H4,40,41,44). The van der Waals surface area contributed by atoms with Gasteiger partial charge in [-0.1, -0.05) is 0 Å². The molecule has 0 aliphatic heterocycles. The summed E-state index contributed by atoms with van der Waals surface area (Å²) in [6.07, 6.45) is 0.550. The Morgan fingerprint density at radius 1 is 0.655 bits per heavy atom. The molecule has 4 unspecified atom stereocenters. The number of hydrogen-bond acceptors (Lipinski definition) is 11. The Hall–Kier alpha value is -6.45. The van der Waals surface area contributed by atoms with Crippen LogP contribution in [0.3, 0.4) is 0 Å². The van der Waals surface area contributed by atoms with Crippen molar-refractivity contribution in [3.63, 3.8) is 0 Å². The number of primary amides is 1. The average molecular weight is 772 g/mol. The minimum absolute atomic E-state index is 0.0134. The zero-order valence-electron chi connectivity index (χ0n) is 30.7. The average Bonchev–Trinajstić information content (AvgIpc) is 3.09. The smallest absolute Gasteiger partial charge is 0.336 e. The van der Waals surface area contributed by atoms with Gasteiger partial charge in [0.25, 0.3) is 0 Å². The summed E-state index contributed by atoms with van der Waals surface area (Å²) in [4.78, 5) is 89.3. The SMILES string of the molecule is Cc1cc(=O)oc2cc(NC(=O)C(CCCN=C(N)N)NC(=O)C(CCCN=C(N)N)NC(=O)C(CCC(N)=O)NC(=O)C(N)CCCN=C(N)N)ccc12. The van der Waals surface area contributed by atoms with E-state index in [0.717, 1.165) is 0 Å². The van der Waals surface area contributed by atoms with E-state index >= 15 is 0 Å². The molecule has 2 aromatic rings. The molecule has 5 amide bonds. The number of guanidine groups is 3. The summed E-state index contributed by atoms with van der Waals surface area (Å²) in [5.41, 5.74) is 44.4. The monoisotopic (exact) mass is 771 g/mol. The molecular weight excluding hydrogens is 718 g/mol. The van der Waals surface area contributed by atoms with Crippen LogP contribution in [0.5, 0.6) is 0 Å². The third-order valence-corrected chi connectivity index (χ3v) is 7.99. The van der Waals surface area contributed by atoms with Gasteiger partial charge in [0, 0.05) is 49.3 Å². The van der Waals surface area contributed by atoms with Gasteiger partial charge < -0.3 is 71.6 Å². The Balaban J connectivity index is 2.33. The van der Waals surface area contributed by atoms with Gasteiger partial charge in [-0.05, 0) is 69.6 Å². The van der Waals surface area contributed by atoms with Crippen LogP contribution in [0.2, 0.25) is 0 Å². The number of nitrogens with two attached hydrogens (primary N) is 8. The van der Waals surface area contributed by atoms with E-state index in [0.29, 0.717) is 17.4 Å². The second-order valence-electron chi connectivity index (χ2n) is 12.6. The number of carbonyl (C=O) groups excluding carboxylic acids is 5. The second kappa shape index (κ2) is 22.6. The molecule has 0 aliphatic rings. The Bertz CT molecular complexity index is 1800. The van der Waals surface area contributed by atoms with Crippen LogP contribution < -0.4 is 72.8 Å². The number of carbonyl (C=O) groups is 5. The number of benzene rings is 1. The lowest BCUT2D eigenvalue weighted by molar-refractivity contribution is -0.134. The van der Waals surface area contributed by atoms with Gasteiger partial charge in [0.2, 0.25) is 29.5 Å². The number of fused-ring (bicyclic) bond motifs is 1. The van der Waals surface area contributed by atoms with Gasteiger partial charge >= 0.3 is 5.63 Å². The van der Waals surface area contributed by atoms with E-state index in [4.69, 9.17) is 50.3 Å². The molecule has 2 rings (SSSR count). The molecule has 55 heavy (non-hydrogen) atoms. The van der Waals surface area contributed by atoms with Crippen molar-refractivity contribution in [2.45, 2.75) is 82.5 Å². The van der Waals surface area contributed by atoms with E-state index in [-0.39, 0.29) is 93.7 Å². The third-order valence-electron chi connectivity index (χ3n) is 7.99. The minimum Gasteiger partial charge on any atom is -0.423 e. The van der Waals surface area contributed by atoms with Crippen LogP contribution in [-0.2, 0) is 24.0 Å². The third kappa shape index (κ3) is 16.8. The lowest BCUT2D eigenvalue weighted by Crippen LogP contribution is -2.57. The highest BCUT2D eigenvalue weighted by Gasteiger charge is 2.30. The van der Waals surface area contributed by atoms with E-state index in [1.165, 1.54) is 12.1 Å². The number of aryl methyl sites for hydroxylation is 1. The van der Waals surface area contributed by atoms with Gasteiger partial charge in [-0.25, -0.2) is 4.79 Å². The summed E-state index contributed by atoms with van der Waals surface area (Å²) in [6.45, 7) is 2.20. The first-order chi connectivity index (χ1) is 26.0. The molecule has 0 saturated carbocycles. The molecule has 302 valence electrons. The second-order valence-corrected chi connectivity index (χ2v) is 12.6. The largest absolute Gasteiger partial charge is 0.423 e. The molecule has 0 bridgehead atoms. The van der Waals surface area contributed by atoms with E-state index < -0.39 is 59.3 Å². The van der Waals surface area contributed by atoms with Crippen LogP contribution >= 0.6 is 0 Å². The van der Waals surface area contributed by atoms with Crippen molar-refractivity contribution in [1.82, 2.24) is 16.0 Å². The first-order valence-electron chi connectivity index (χ1n) is 17.4. The van der Waals surface area contributed by atoms with Crippen molar-refractivity contribution in [1.29, 1.82) is 0 Å². The molecule has 0 aliphatic carbocycles. The van der Waals surface area contributed by atoms with Crippen LogP contribution in [0.25, 0.3) is 11.0 Å². The molecule has 4 atom stereocenters. The topological polar surface area (TPSA) is 409 Å². The molecule has 1 aromatic carbocycles. The molecule has 22 heteroatoms. The summed E-state index contributed by atoms with van der Waals surface area (Å²) < 4.78 is 5.29. The normalized spacial score (nSPS) is 12.9. The van der Waals surface area contributed by atoms with E-state index in [9.17, 15) is 28.8 Å². The summed E-state index contributed by atoms with van der Waals surface area (Å²) in [5.74, 6) is -4.14. The van der Waals surface area contributed by atoms with Gasteiger partial charge in [0.05, 0.1) is 6.04 Å². The molecule has 22 nitrogen and oxygen atoms in total. The maximum atomic E-state index is 13.9. The lowest BCUT2D eigenvalue weighted by Gasteiger charge is -2.26. The van der Waals surface area contributed by atoms with Crippen molar-refractivity contribution in [2.75, 3.05) is 25.0 Å². The molecule has 0 spiro atoms. The van der Waals surface area contributed by atoms with Gasteiger partial charge in [-0.15, -0.1) is 0 Å². The van der Waals surface area contributed by atoms with Gasteiger partial charge in [0.15, 0.2) is 17.9 Å². The quantitative estimate of drug-likeness (QED) is 0.0224. The fourth-order valence-corrected chi connectivity index (χ4v) is 5.21. The number of aliphatic imine (C=N–C) groups is 3. The van der Waals surface area contributed by atoms with E-state index in [1.54, 1.807) is 19.1 Å². The Morgan fingerprint density at radius 3 is 1.64 bits per heavy atom. The number of nitrogens with one attached hydrogen (secondary N) is 4. The number of hydrogen-bond donors (Lipinski definition) is 12. The van der Waals surface area contributed by atoms with Crippen molar-refractivity contribution in [3.05, 3.63) is 40.2 Å². The fraction of sp³-hybridized carbons (Fsp3) is 0.485. The number of rotatable bonds is 23. The zero-order chi connectivity index (χ0) is 41.1. The molecule has 0 saturated heterocycles. The highest BCUT2D eigenvalue weighted by atomic mass is 16.4. The molecular formula is C33H53N15O7. The van der Waals surface area contributed by atoms with Crippen LogP contribution in [0.1, 0.15) is 56.9 Å². The predicted molar refractivity (Wildman–Crippen MR) is 208 cm³/mol. The summed E-state index contributed by atoms with van der Waals surface area (Å²) >= 11 is 0. The molecule has 20 N–H and O–H groups in total. The summed E-state index contributed by atoms with van der Waals surface area (Å²) in [7, 11) is 0. The molecule has 0 radical (unpaired) electrons. The van der Waals surface area contributed by atoms with Crippen LogP contribution in [0.15, 0.2) is 48.5 Å². The maximum Gasteiger partial charge on any atom is 0.336 e. The molecule has 1 heterocycles. The van der Waals surface area contributed by atoms with Crippen molar-refractivity contribution in [3.8, 4) is 0 Å². The van der Waals surface area contributed by atoms with E-state index in [1.807, 2.05) is 0 Å². The Kier molecular flexibility index (Phi) is 18.4. The number of nitrogens with zero attached hydrogens (tertiary/aromatic N) is 3. The van der Waals surface area contributed by atoms with Gasteiger partial charge in [0.1, 0.15) is 23.7 Å².